The van der Waals surface area contributed by atoms with Crippen LogP contribution in [0.15, 0.2) is 48.5 Å². The van der Waals surface area contributed by atoms with E-state index in [0.717, 1.165) is 16.1 Å². The van der Waals surface area contributed by atoms with Gasteiger partial charge in [-0.3, -0.25) is 4.79 Å². The van der Waals surface area contributed by atoms with E-state index in [0.29, 0.717) is 17.1 Å². The van der Waals surface area contributed by atoms with Crippen molar-refractivity contribution in [2.24, 2.45) is 0 Å². The highest BCUT2D eigenvalue weighted by Crippen LogP contribution is 2.27. The number of carbonyl (C=O) groups is 2. The first kappa shape index (κ1) is 16.8. The van der Waals surface area contributed by atoms with Crippen molar-refractivity contribution in [2.75, 3.05) is 7.11 Å². The van der Waals surface area contributed by atoms with E-state index in [9.17, 15) is 9.59 Å². The Morgan fingerprint density at radius 2 is 1.60 bits per heavy atom. The third-order valence-corrected chi connectivity index (χ3v) is 4.12. The second-order valence-electron chi connectivity index (χ2n) is 5.11. The normalized spacial score (nSPS) is 10.3. The maximum Gasteiger partial charge on any atom is 0.337 e. The van der Waals surface area contributed by atoms with Crippen molar-refractivity contribution in [3.05, 3.63) is 54.1 Å². The Morgan fingerprint density at radius 3 is 2.20 bits per heavy atom. The van der Waals surface area contributed by atoms with Crippen LogP contribution in [0.5, 0.6) is 5.75 Å². The van der Waals surface area contributed by atoms with Crippen LogP contribution in [0.25, 0.3) is 22.0 Å². The Balaban J connectivity index is 1.80. The quantitative estimate of drug-likeness (QED) is 0.526. The molecule has 2 aromatic carbocycles. The fourth-order valence-electron chi connectivity index (χ4n) is 2.16. The van der Waals surface area contributed by atoms with Crippen molar-refractivity contribution in [3.8, 4) is 27.7 Å². The van der Waals surface area contributed by atoms with Gasteiger partial charge in [-0.15, -0.1) is 0 Å². The van der Waals surface area contributed by atoms with Gasteiger partial charge in [-0.05, 0) is 47.9 Å². The molecule has 0 aliphatic carbocycles. The molecule has 0 atom stereocenters. The average Bonchev–Trinajstić information content (AvgIpc) is 3.11. The summed E-state index contributed by atoms with van der Waals surface area (Å²) < 4.78 is 14.0. The third kappa shape index (κ3) is 3.89. The maximum absolute atomic E-state index is 11.5. The summed E-state index contributed by atoms with van der Waals surface area (Å²) in [5, 5.41) is 0.746. The number of ether oxygens (including phenoxy) is 2. The zero-order valence-corrected chi connectivity index (χ0v) is 14.4. The summed E-state index contributed by atoms with van der Waals surface area (Å²) >= 11 is 1.27. The minimum atomic E-state index is -0.377. The molecule has 3 aromatic rings. The summed E-state index contributed by atoms with van der Waals surface area (Å²) in [6, 6.07) is 14.0. The van der Waals surface area contributed by atoms with Crippen molar-refractivity contribution in [3.63, 3.8) is 0 Å². The highest BCUT2D eigenvalue weighted by molar-refractivity contribution is 7.09. The molecule has 3 rings (SSSR count). The van der Waals surface area contributed by atoms with E-state index < -0.39 is 0 Å². The molecule has 0 fully saturated rings. The Bertz CT molecular complexity index is 902. The van der Waals surface area contributed by atoms with Crippen molar-refractivity contribution in [2.45, 2.75) is 6.92 Å². The van der Waals surface area contributed by atoms with Gasteiger partial charge in [-0.25, -0.2) is 9.78 Å². The second kappa shape index (κ2) is 7.23. The molecule has 7 heteroatoms. The summed E-state index contributed by atoms with van der Waals surface area (Å²) in [6.45, 7) is 1.35. The number of benzene rings is 2. The number of nitrogens with zero attached hydrogens (tertiary/aromatic N) is 2. The van der Waals surface area contributed by atoms with E-state index in [2.05, 4.69) is 14.1 Å². The molecule has 6 nitrogen and oxygen atoms in total. The van der Waals surface area contributed by atoms with Crippen LogP contribution in [0.3, 0.4) is 0 Å². The van der Waals surface area contributed by atoms with Crippen LogP contribution in [0, 0.1) is 0 Å². The number of hydrogen-bond acceptors (Lipinski definition) is 7. The summed E-state index contributed by atoms with van der Waals surface area (Å²) in [5.41, 5.74) is 2.18. The average molecular weight is 354 g/mol. The lowest BCUT2D eigenvalue weighted by atomic mass is 10.1. The molecule has 0 saturated carbocycles. The smallest absolute Gasteiger partial charge is 0.337 e. The maximum atomic E-state index is 11.5. The number of aromatic nitrogens is 2. The molecule has 0 unspecified atom stereocenters. The van der Waals surface area contributed by atoms with Crippen LogP contribution < -0.4 is 4.74 Å². The van der Waals surface area contributed by atoms with Crippen molar-refractivity contribution in [1.82, 2.24) is 9.36 Å². The van der Waals surface area contributed by atoms with Crippen LogP contribution in [0.1, 0.15) is 17.3 Å². The molecule has 0 amide bonds. The van der Waals surface area contributed by atoms with Crippen molar-refractivity contribution in [1.29, 1.82) is 0 Å². The number of carbonyl (C=O) groups excluding carboxylic acids is 2. The molecule has 0 radical (unpaired) electrons. The molecule has 0 aliphatic heterocycles. The van der Waals surface area contributed by atoms with Gasteiger partial charge in [0.25, 0.3) is 0 Å². The second-order valence-corrected chi connectivity index (χ2v) is 5.86. The summed E-state index contributed by atoms with van der Waals surface area (Å²) in [6.07, 6.45) is 0. The highest BCUT2D eigenvalue weighted by atomic mass is 32.1. The van der Waals surface area contributed by atoms with Gasteiger partial charge >= 0.3 is 11.9 Å². The van der Waals surface area contributed by atoms with Gasteiger partial charge in [-0.1, -0.05) is 12.1 Å². The van der Waals surface area contributed by atoms with Gasteiger partial charge in [0.2, 0.25) is 0 Å². The Morgan fingerprint density at radius 1 is 0.960 bits per heavy atom. The molecule has 1 heterocycles. The lowest BCUT2D eigenvalue weighted by Crippen LogP contribution is -2.00. The number of rotatable bonds is 4. The van der Waals surface area contributed by atoms with Crippen LogP contribution >= 0.6 is 11.5 Å². The van der Waals surface area contributed by atoms with Crippen molar-refractivity contribution < 1.29 is 19.1 Å². The Hall–Kier alpha value is -3.06. The standard InChI is InChI=1S/C18H14N2O4S/c1-11(21)24-15-9-7-12(8-10-15)16-19-17(25-20-16)13-3-5-14(6-4-13)18(22)23-2/h3-10H,1-2H3. The summed E-state index contributed by atoms with van der Waals surface area (Å²) in [7, 11) is 1.35. The Labute approximate surface area is 148 Å². The molecule has 0 spiro atoms. The first-order valence-electron chi connectivity index (χ1n) is 7.38. The molecule has 25 heavy (non-hydrogen) atoms. The number of esters is 2. The number of methoxy groups -OCH3 is 1. The van der Waals surface area contributed by atoms with E-state index in [1.807, 2.05) is 0 Å². The van der Waals surface area contributed by atoms with Gasteiger partial charge in [0.15, 0.2) is 5.82 Å². The lowest BCUT2D eigenvalue weighted by Gasteiger charge is -2.01. The fourth-order valence-corrected chi connectivity index (χ4v) is 2.85. The molecule has 126 valence electrons. The lowest BCUT2D eigenvalue weighted by molar-refractivity contribution is -0.131. The van der Waals surface area contributed by atoms with Crippen molar-refractivity contribution >= 4 is 23.5 Å². The van der Waals surface area contributed by atoms with Gasteiger partial charge < -0.3 is 9.47 Å². The molecular weight excluding hydrogens is 340 g/mol. The van der Waals surface area contributed by atoms with E-state index >= 15 is 0 Å². The van der Waals surface area contributed by atoms with Gasteiger partial charge in [0.1, 0.15) is 10.8 Å². The molecule has 0 N–H and O–H groups in total. The van der Waals surface area contributed by atoms with E-state index in [1.54, 1.807) is 48.5 Å². The summed E-state index contributed by atoms with van der Waals surface area (Å²) in [5.74, 6) is 0.325. The van der Waals surface area contributed by atoms with Crippen LogP contribution in [0.2, 0.25) is 0 Å². The van der Waals surface area contributed by atoms with Gasteiger partial charge in [0.05, 0.1) is 12.7 Å². The number of hydrogen-bond donors (Lipinski definition) is 0. The molecule has 0 bridgehead atoms. The minimum absolute atomic E-state index is 0.364. The van der Waals surface area contributed by atoms with Crippen LogP contribution in [-0.2, 0) is 9.53 Å². The zero-order valence-electron chi connectivity index (χ0n) is 13.6. The largest absolute Gasteiger partial charge is 0.465 e. The molecule has 0 saturated heterocycles. The zero-order chi connectivity index (χ0) is 17.8. The monoisotopic (exact) mass is 354 g/mol. The van der Waals surface area contributed by atoms with E-state index in [1.165, 1.54) is 25.6 Å². The Kier molecular flexibility index (Phi) is 4.85. The van der Waals surface area contributed by atoms with Crippen LogP contribution in [-0.4, -0.2) is 28.4 Å². The first-order valence-corrected chi connectivity index (χ1v) is 8.15. The SMILES string of the molecule is COC(=O)c1ccc(-c2nc(-c3ccc(OC(C)=O)cc3)ns2)cc1. The molecular formula is C18H14N2O4S. The topological polar surface area (TPSA) is 78.4 Å². The molecule has 0 aliphatic rings. The highest BCUT2D eigenvalue weighted by Gasteiger charge is 2.11. The predicted molar refractivity (Wildman–Crippen MR) is 93.4 cm³/mol. The van der Waals surface area contributed by atoms with E-state index in [4.69, 9.17) is 4.74 Å². The predicted octanol–water partition coefficient (Wildman–Crippen LogP) is 3.58. The van der Waals surface area contributed by atoms with Gasteiger partial charge in [0, 0.05) is 18.1 Å². The van der Waals surface area contributed by atoms with E-state index in [-0.39, 0.29) is 11.9 Å². The minimum Gasteiger partial charge on any atom is -0.465 e. The first-order chi connectivity index (χ1) is 12.1. The van der Waals surface area contributed by atoms with Gasteiger partial charge in [-0.2, -0.15) is 4.37 Å². The van der Waals surface area contributed by atoms with Crippen LogP contribution in [0.4, 0.5) is 0 Å². The fraction of sp³-hybridized carbons (Fsp3) is 0.111. The molecule has 1 aromatic heterocycles. The third-order valence-electron chi connectivity index (χ3n) is 3.35. The summed E-state index contributed by atoms with van der Waals surface area (Å²) in [4.78, 5) is 26.9.